The highest BCUT2D eigenvalue weighted by Gasteiger charge is 2.26. The third kappa shape index (κ3) is 6.37. The van der Waals surface area contributed by atoms with Gasteiger partial charge in [-0.1, -0.05) is 19.1 Å². The monoisotopic (exact) mass is 460 g/mol. The average Bonchev–Trinajstić information content (AvgIpc) is 3.10. The molecule has 7 heteroatoms. The molecule has 1 aliphatic rings. The number of methoxy groups -OCH3 is 1. The lowest BCUT2D eigenvalue weighted by Gasteiger charge is -2.21. The van der Waals surface area contributed by atoms with Crippen molar-refractivity contribution in [2.45, 2.75) is 25.7 Å². The van der Waals surface area contributed by atoms with E-state index in [2.05, 4.69) is 32.7 Å². The van der Waals surface area contributed by atoms with Crippen molar-refractivity contribution in [3.8, 4) is 5.75 Å². The van der Waals surface area contributed by atoms with Crippen molar-refractivity contribution in [1.82, 2.24) is 15.5 Å². The lowest BCUT2D eigenvalue weighted by molar-refractivity contribution is -0.120. The van der Waals surface area contributed by atoms with Crippen molar-refractivity contribution in [1.29, 1.82) is 0 Å². The number of aliphatic imine (C=N–C) groups is 1. The lowest BCUT2D eigenvalue weighted by Crippen LogP contribution is -2.44. The Hall–Kier alpha value is -1.51. The first-order valence-corrected chi connectivity index (χ1v) is 8.54. The standard InChI is InChI=1S/C18H28N4O2.HI/c1-4-10-20-17(23)12-21-18(19-2)22-11-9-15(13-22)14-5-7-16(24-3)8-6-14;/h5-8,15H,4,9-13H2,1-3H3,(H,19,21)(H,20,23);1H. The summed E-state index contributed by atoms with van der Waals surface area (Å²) in [6, 6.07) is 8.26. The Labute approximate surface area is 167 Å². The zero-order valence-corrected chi connectivity index (χ0v) is 17.6. The largest absolute Gasteiger partial charge is 0.497 e. The summed E-state index contributed by atoms with van der Waals surface area (Å²) in [6.07, 6.45) is 2.02. The maximum Gasteiger partial charge on any atom is 0.239 e. The molecule has 140 valence electrons. The number of amides is 1. The van der Waals surface area contributed by atoms with E-state index in [1.165, 1.54) is 5.56 Å². The predicted molar refractivity (Wildman–Crippen MR) is 112 cm³/mol. The van der Waals surface area contributed by atoms with Gasteiger partial charge in [0, 0.05) is 32.6 Å². The number of hydrogen-bond acceptors (Lipinski definition) is 3. The zero-order chi connectivity index (χ0) is 17.4. The lowest BCUT2D eigenvalue weighted by atomic mass is 9.98. The summed E-state index contributed by atoms with van der Waals surface area (Å²) < 4.78 is 5.21. The first-order valence-electron chi connectivity index (χ1n) is 8.54. The summed E-state index contributed by atoms with van der Waals surface area (Å²) in [5.41, 5.74) is 1.31. The van der Waals surface area contributed by atoms with Gasteiger partial charge in [0.1, 0.15) is 5.75 Å². The Kier molecular flexibility index (Phi) is 9.62. The average molecular weight is 460 g/mol. The minimum Gasteiger partial charge on any atom is -0.497 e. The molecule has 1 amide bonds. The van der Waals surface area contributed by atoms with Crippen LogP contribution in [-0.4, -0.2) is 57.1 Å². The number of benzene rings is 1. The molecule has 0 saturated carbocycles. The first kappa shape index (κ1) is 21.5. The van der Waals surface area contributed by atoms with E-state index in [1.807, 2.05) is 19.1 Å². The molecule has 1 aliphatic heterocycles. The highest BCUT2D eigenvalue weighted by molar-refractivity contribution is 14.0. The van der Waals surface area contributed by atoms with E-state index in [9.17, 15) is 4.79 Å². The summed E-state index contributed by atoms with van der Waals surface area (Å²) >= 11 is 0. The van der Waals surface area contributed by atoms with Crippen molar-refractivity contribution in [2.24, 2.45) is 4.99 Å². The van der Waals surface area contributed by atoms with Crippen LogP contribution in [0.4, 0.5) is 0 Å². The van der Waals surface area contributed by atoms with Crippen LogP contribution < -0.4 is 15.4 Å². The Morgan fingerprint density at radius 1 is 1.32 bits per heavy atom. The number of carbonyl (C=O) groups is 1. The molecule has 1 aromatic rings. The molecule has 6 nitrogen and oxygen atoms in total. The maximum absolute atomic E-state index is 11.7. The van der Waals surface area contributed by atoms with Gasteiger partial charge in [-0.15, -0.1) is 24.0 Å². The molecular formula is C18H29IN4O2. The van der Waals surface area contributed by atoms with Crippen LogP contribution in [0.2, 0.25) is 0 Å². The molecular weight excluding hydrogens is 431 g/mol. The van der Waals surface area contributed by atoms with Crippen LogP contribution in [0.5, 0.6) is 5.75 Å². The Balaban J connectivity index is 0.00000312. The molecule has 0 aliphatic carbocycles. The van der Waals surface area contributed by atoms with E-state index < -0.39 is 0 Å². The first-order chi connectivity index (χ1) is 11.7. The van der Waals surface area contributed by atoms with Crippen LogP contribution >= 0.6 is 24.0 Å². The highest BCUT2D eigenvalue weighted by atomic mass is 127. The molecule has 2 N–H and O–H groups in total. The minimum atomic E-state index is 0. The van der Waals surface area contributed by atoms with Gasteiger partial charge in [0.2, 0.25) is 5.91 Å². The smallest absolute Gasteiger partial charge is 0.239 e. The van der Waals surface area contributed by atoms with Gasteiger partial charge in [-0.05, 0) is 30.5 Å². The molecule has 1 unspecified atom stereocenters. The van der Waals surface area contributed by atoms with Crippen LogP contribution in [0.15, 0.2) is 29.3 Å². The maximum atomic E-state index is 11.7. The van der Waals surface area contributed by atoms with Crippen LogP contribution in [0.25, 0.3) is 0 Å². The third-order valence-corrected chi connectivity index (χ3v) is 4.27. The van der Waals surface area contributed by atoms with Gasteiger partial charge >= 0.3 is 0 Å². The highest BCUT2D eigenvalue weighted by Crippen LogP contribution is 2.28. The fourth-order valence-electron chi connectivity index (χ4n) is 2.92. The number of carbonyl (C=O) groups excluding carboxylic acids is 1. The van der Waals surface area contributed by atoms with E-state index in [4.69, 9.17) is 4.74 Å². The molecule has 1 heterocycles. The number of nitrogens with zero attached hydrogens (tertiary/aromatic N) is 2. The molecule has 0 bridgehead atoms. The Morgan fingerprint density at radius 3 is 2.64 bits per heavy atom. The van der Waals surface area contributed by atoms with E-state index >= 15 is 0 Å². The van der Waals surface area contributed by atoms with Crippen LogP contribution in [-0.2, 0) is 4.79 Å². The van der Waals surface area contributed by atoms with Crippen molar-refractivity contribution < 1.29 is 9.53 Å². The van der Waals surface area contributed by atoms with Crippen molar-refractivity contribution in [3.05, 3.63) is 29.8 Å². The molecule has 1 atom stereocenters. The summed E-state index contributed by atoms with van der Waals surface area (Å²) in [7, 11) is 3.44. The predicted octanol–water partition coefficient (Wildman–Crippen LogP) is 2.20. The number of ether oxygens (including phenoxy) is 1. The van der Waals surface area contributed by atoms with E-state index in [-0.39, 0.29) is 36.4 Å². The molecule has 1 saturated heterocycles. The van der Waals surface area contributed by atoms with Gasteiger partial charge in [0.25, 0.3) is 0 Å². The van der Waals surface area contributed by atoms with E-state index in [0.717, 1.165) is 37.6 Å². The second-order valence-electron chi connectivity index (χ2n) is 5.96. The number of rotatable bonds is 6. The number of nitrogens with one attached hydrogen (secondary N) is 2. The van der Waals surface area contributed by atoms with Gasteiger partial charge < -0.3 is 20.3 Å². The second-order valence-corrected chi connectivity index (χ2v) is 5.96. The van der Waals surface area contributed by atoms with Gasteiger partial charge in [0.05, 0.1) is 13.7 Å². The molecule has 0 aromatic heterocycles. The SMILES string of the molecule is CCCNC(=O)CNC(=NC)N1CCC(c2ccc(OC)cc2)C1.I. The van der Waals surface area contributed by atoms with Crippen LogP contribution in [0.1, 0.15) is 31.2 Å². The number of hydrogen-bond donors (Lipinski definition) is 2. The molecule has 1 fully saturated rings. The second kappa shape index (κ2) is 11.2. The van der Waals surface area contributed by atoms with Crippen LogP contribution in [0.3, 0.4) is 0 Å². The zero-order valence-electron chi connectivity index (χ0n) is 15.2. The molecule has 0 spiro atoms. The number of halogens is 1. The minimum absolute atomic E-state index is 0. The fourth-order valence-corrected chi connectivity index (χ4v) is 2.92. The van der Waals surface area contributed by atoms with Gasteiger partial charge in [-0.25, -0.2) is 0 Å². The molecule has 0 radical (unpaired) electrons. The van der Waals surface area contributed by atoms with Crippen molar-refractivity contribution in [2.75, 3.05) is 40.3 Å². The third-order valence-electron chi connectivity index (χ3n) is 4.27. The van der Waals surface area contributed by atoms with Gasteiger partial charge in [-0.2, -0.15) is 0 Å². The Bertz CT molecular complexity index is 563. The Morgan fingerprint density at radius 2 is 2.04 bits per heavy atom. The topological polar surface area (TPSA) is 66.0 Å². The van der Waals surface area contributed by atoms with Gasteiger partial charge in [-0.3, -0.25) is 9.79 Å². The quantitative estimate of drug-likeness (QED) is 0.388. The van der Waals surface area contributed by atoms with E-state index in [1.54, 1.807) is 14.2 Å². The number of guanidine groups is 1. The summed E-state index contributed by atoms with van der Waals surface area (Å²) in [5.74, 6) is 2.15. The fraction of sp³-hybridized carbons (Fsp3) is 0.556. The molecule has 2 rings (SSSR count). The van der Waals surface area contributed by atoms with Crippen molar-refractivity contribution in [3.63, 3.8) is 0 Å². The van der Waals surface area contributed by atoms with Crippen LogP contribution in [0, 0.1) is 0 Å². The van der Waals surface area contributed by atoms with Crippen molar-refractivity contribution >= 4 is 35.8 Å². The van der Waals surface area contributed by atoms with E-state index in [0.29, 0.717) is 12.5 Å². The summed E-state index contributed by atoms with van der Waals surface area (Å²) in [5, 5.41) is 6.02. The normalized spacial score (nSPS) is 17.0. The molecule has 25 heavy (non-hydrogen) atoms. The van der Waals surface area contributed by atoms with Gasteiger partial charge in [0.15, 0.2) is 5.96 Å². The molecule has 1 aromatic carbocycles. The number of likely N-dealkylation sites (tertiary alicyclic amines) is 1. The summed E-state index contributed by atoms with van der Waals surface area (Å²) in [4.78, 5) is 18.2. The summed E-state index contributed by atoms with van der Waals surface area (Å²) in [6.45, 7) is 4.85.